The molecule has 0 heterocycles. The van der Waals surface area contributed by atoms with Crippen LogP contribution in [0.15, 0.2) is 42.5 Å². The van der Waals surface area contributed by atoms with Gasteiger partial charge >= 0.3 is 12.1 Å². The second-order valence-corrected chi connectivity index (χ2v) is 4.76. The van der Waals surface area contributed by atoms with Crippen LogP contribution < -0.4 is 10.2 Å². The number of hydrogen-bond donors (Lipinski definition) is 0. The molecule has 0 atom stereocenters. The molecule has 2 aromatic carbocycles. The summed E-state index contributed by atoms with van der Waals surface area (Å²) in [6, 6.07) is 9.50. The minimum absolute atomic E-state index is 0.00155. The lowest BCUT2D eigenvalue weighted by Gasteiger charge is -2.15. The number of rotatable bonds is 4. The highest BCUT2D eigenvalue weighted by Gasteiger charge is 2.34. The Hall–Kier alpha value is -2.44. The van der Waals surface area contributed by atoms with E-state index in [-0.39, 0.29) is 23.4 Å². The molecule has 0 unspecified atom stereocenters. The van der Waals surface area contributed by atoms with E-state index in [9.17, 15) is 18.0 Å². The third-order valence-electron chi connectivity index (χ3n) is 3.01. The Morgan fingerprint density at radius 2 is 1.91 bits per heavy atom. The Morgan fingerprint density at radius 3 is 2.57 bits per heavy atom. The van der Waals surface area contributed by atoms with Gasteiger partial charge in [0.2, 0.25) is 0 Å². The molecule has 118 valence electrons. The van der Waals surface area contributed by atoms with Crippen LogP contribution in [0, 0.1) is 0 Å². The summed E-state index contributed by atoms with van der Waals surface area (Å²) in [4.78, 5) is 11.2. The Bertz CT molecular complexity index is 714. The summed E-state index contributed by atoms with van der Waals surface area (Å²) in [5, 5.41) is 0. The second kappa shape index (κ2) is 6.77. The predicted molar refractivity (Wildman–Crippen MR) is 79.1 cm³/mol. The van der Waals surface area contributed by atoms with Gasteiger partial charge in [-0.05, 0) is 23.8 Å². The second-order valence-electron chi connectivity index (χ2n) is 4.76. The van der Waals surface area contributed by atoms with E-state index in [1.807, 2.05) is 0 Å². The first-order valence-corrected chi connectivity index (χ1v) is 6.60. The van der Waals surface area contributed by atoms with Gasteiger partial charge in [-0.25, -0.2) is 0 Å². The van der Waals surface area contributed by atoms with E-state index in [2.05, 4.69) is 4.74 Å². The van der Waals surface area contributed by atoms with Crippen molar-refractivity contribution < 1.29 is 27.4 Å². The average molecular weight is 320 g/mol. The molecular formula is C16H12BF3O3. The van der Waals surface area contributed by atoms with Crippen molar-refractivity contribution in [2.45, 2.75) is 12.6 Å². The van der Waals surface area contributed by atoms with Gasteiger partial charge < -0.3 is 9.47 Å². The number of hydrogen-bond acceptors (Lipinski definition) is 3. The fraction of sp³-hybridized carbons (Fsp3) is 0.188. The summed E-state index contributed by atoms with van der Waals surface area (Å²) in [6.07, 6.45) is -4.59. The highest BCUT2D eigenvalue weighted by molar-refractivity contribution is 6.32. The first-order valence-electron chi connectivity index (χ1n) is 6.60. The summed E-state index contributed by atoms with van der Waals surface area (Å²) in [5.74, 6) is -0.630. The zero-order chi connectivity index (χ0) is 17.0. The highest BCUT2D eigenvalue weighted by atomic mass is 19.4. The van der Waals surface area contributed by atoms with E-state index in [0.717, 1.165) is 12.1 Å². The number of ether oxygens (including phenoxy) is 2. The van der Waals surface area contributed by atoms with E-state index in [4.69, 9.17) is 12.6 Å². The first-order chi connectivity index (χ1) is 10.8. The van der Waals surface area contributed by atoms with Gasteiger partial charge in [0.1, 0.15) is 19.3 Å². The summed E-state index contributed by atoms with van der Waals surface area (Å²) in [6.45, 7) is 0. The minimum atomic E-state index is -4.59. The number of benzene rings is 2. The van der Waals surface area contributed by atoms with Crippen LogP contribution in [0.4, 0.5) is 13.2 Å². The molecule has 0 aliphatic carbocycles. The van der Waals surface area contributed by atoms with Crippen molar-refractivity contribution in [1.82, 2.24) is 0 Å². The fourth-order valence-corrected chi connectivity index (χ4v) is 1.94. The Kier molecular flexibility index (Phi) is 4.98. The highest BCUT2D eigenvalue weighted by Crippen LogP contribution is 2.37. The van der Waals surface area contributed by atoms with Crippen LogP contribution in [0.2, 0.25) is 0 Å². The van der Waals surface area contributed by atoms with Gasteiger partial charge in [-0.2, -0.15) is 13.2 Å². The van der Waals surface area contributed by atoms with Gasteiger partial charge in [0.05, 0.1) is 19.1 Å². The van der Waals surface area contributed by atoms with E-state index in [1.165, 1.54) is 25.3 Å². The molecule has 7 heteroatoms. The summed E-state index contributed by atoms with van der Waals surface area (Å²) in [7, 11) is 6.66. The molecule has 0 saturated heterocycles. The normalized spacial score (nSPS) is 11.1. The van der Waals surface area contributed by atoms with Gasteiger partial charge in [0.15, 0.2) is 0 Å². The van der Waals surface area contributed by atoms with E-state index >= 15 is 0 Å². The van der Waals surface area contributed by atoms with E-state index in [0.29, 0.717) is 5.56 Å². The van der Waals surface area contributed by atoms with Crippen molar-refractivity contribution in [1.29, 1.82) is 0 Å². The molecule has 2 aromatic rings. The molecule has 0 aliphatic rings. The molecule has 0 spiro atoms. The van der Waals surface area contributed by atoms with Crippen LogP contribution >= 0.6 is 0 Å². The minimum Gasteiger partial charge on any atom is -0.469 e. The lowest BCUT2D eigenvalue weighted by atomic mass is 9.94. The van der Waals surface area contributed by atoms with Crippen LogP contribution in [-0.4, -0.2) is 20.9 Å². The van der Waals surface area contributed by atoms with Gasteiger partial charge in [-0.15, -0.1) is 0 Å². The van der Waals surface area contributed by atoms with E-state index in [1.54, 1.807) is 12.1 Å². The standard InChI is InChI=1S/C16H12BF3O3/c1-22-15(21)8-10-3-2-4-12(7-10)23-14-6-5-11(17)9-13(14)16(18,19)20/h2-7,9H,8H2,1H3. The van der Waals surface area contributed by atoms with Crippen molar-refractivity contribution in [2.24, 2.45) is 0 Å². The third-order valence-corrected chi connectivity index (χ3v) is 3.01. The van der Waals surface area contributed by atoms with Crippen LogP contribution in [0.1, 0.15) is 11.1 Å². The maximum absolute atomic E-state index is 13.0. The largest absolute Gasteiger partial charge is 0.469 e. The lowest BCUT2D eigenvalue weighted by molar-refractivity contribution is -0.140. The smallest absolute Gasteiger partial charge is 0.419 e. The molecule has 0 amide bonds. The first kappa shape index (κ1) is 16.9. The molecular weight excluding hydrogens is 308 g/mol. The number of methoxy groups -OCH3 is 1. The van der Waals surface area contributed by atoms with Crippen LogP contribution in [-0.2, 0) is 22.1 Å². The summed E-state index contributed by atoms with van der Waals surface area (Å²) < 4.78 is 49.0. The number of halogens is 3. The Balaban J connectivity index is 2.29. The van der Waals surface area contributed by atoms with Crippen LogP contribution in [0.3, 0.4) is 0 Å². The van der Waals surface area contributed by atoms with Gasteiger partial charge in [0, 0.05) is 0 Å². The van der Waals surface area contributed by atoms with Crippen LogP contribution in [0.5, 0.6) is 11.5 Å². The summed E-state index contributed by atoms with van der Waals surface area (Å²) >= 11 is 0. The SMILES string of the molecule is [B]c1ccc(Oc2cccc(CC(=O)OC)c2)c(C(F)(F)F)c1. The van der Waals surface area contributed by atoms with Crippen molar-refractivity contribution in [3.05, 3.63) is 53.6 Å². The lowest BCUT2D eigenvalue weighted by Crippen LogP contribution is -2.12. The number of esters is 1. The third kappa shape index (κ3) is 4.51. The molecule has 0 fully saturated rings. The monoisotopic (exact) mass is 320 g/mol. The van der Waals surface area contributed by atoms with Gasteiger partial charge in [0.25, 0.3) is 0 Å². The van der Waals surface area contributed by atoms with Crippen molar-refractivity contribution in [3.8, 4) is 11.5 Å². The summed E-state index contributed by atoms with van der Waals surface area (Å²) in [5.41, 5.74) is -0.404. The quantitative estimate of drug-likeness (QED) is 0.642. The molecule has 0 aromatic heterocycles. The topological polar surface area (TPSA) is 35.5 Å². The molecule has 2 radical (unpaired) electrons. The fourth-order valence-electron chi connectivity index (χ4n) is 1.94. The number of carbonyl (C=O) groups excluding carboxylic acids is 1. The van der Waals surface area contributed by atoms with Crippen molar-refractivity contribution in [3.63, 3.8) is 0 Å². The Morgan fingerprint density at radius 1 is 1.17 bits per heavy atom. The van der Waals surface area contributed by atoms with E-state index < -0.39 is 17.7 Å². The maximum atomic E-state index is 13.0. The average Bonchev–Trinajstić information content (AvgIpc) is 2.48. The molecule has 0 saturated carbocycles. The molecule has 0 bridgehead atoms. The predicted octanol–water partition coefficient (Wildman–Crippen LogP) is 3.01. The molecule has 2 rings (SSSR count). The van der Waals surface area contributed by atoms with Crippen molar-refractivity contribution >= 4 is 19.3 Å². The maximum Gasteiger partial charge on any atom is 0.419 e. The Labute approximate surface area is 132 Å². The van der Waals surface area contributed by atoms with Gasteiger partial charge in [-0.3, -0.25) is 4.79 Å². The number of carbonyl (C=O) groups is 1. The van der Waals surface area contributed by atoms with Crippen LogP contribution in [0.25, 0.3) is 0 Å². The van der Waals surface area contributed by atoms with Gasteiger partial charge in [-0.1, -0.05) is 29.7 Å². The zero-order valence-corrected chi connectivity index (χ0v) is 12.2. The molecule has 0 aliphatic heterocycles. The number of alkyl halides is 3. The molecule has 0 N–H and O–H groups in total. The zero-order valence-electron chi connectivity index (χ0n) is 12.2. The molecule has 23 heavy (non-hydrogen) atoms. The van der Waals surface area contributed by atoms with Crippen molar-refractivity contribution in [2.75, 3.05) is 7.11 Å². The molecule has 3 nitrogen and oxygen atoms in total.